The molecular formula is C20H14BrClN4O2S. The number of fused-ring (bicyclic) bond motifs is 1. The van der Waals surface area contributed by atoms with E-state index in [2.05, 4.69) is 35.9 Å². The molecule has 0 amide bonds. The Labute approximate surface area is 181 Å². The maximum atomic E-state index is 12.9. The summed E-state index contributed by atoms with van der Waals surface area (Å²) >= 11 is 9.28. The molecule has 0 aliphatic heterocycles. The summed E-state index contributed by atoms with van der Waals surface area (Å²) in [7, 11) is -3.88. The molecule has 0 aliphatic carbocycles. The number of benzene rings is 3. The monoisotopic (exact) mass is 488 g/mol. The van der Waals surface area contributed by atoms with E-state index in [0.29, 0.717) is 21.9 Å². The van der Waals surface area contributed by atoms with Crippen LogP contribution in [-0.4, -0.2) is 18.4 Å². The summed E-state index contributed by atoms with van der Waals surface area (Å²) in [5, 5.41) is 3.59. The Balaban J connectivity index is 1.78. The molecule has 0 saturated carbocycles. The van der Waals surface area contributed by atoms with Crippen LogP contribution in [0, 0.1) is 0 Å². The zero-order valence-electron chi connectivity index (χ0n) is 14.8. The molecule has 0 spiro atoms. The smallest absolute Gasteiger partial charge is 0.263 e. The largest absolute Gasteiger partial charge is 0.337 e. The third-order valence-electron chi connectivity index (χ3n) is 4.01. The Kier molecular flexibility index (Phi) is 5.40. The summed E-state index contributed by atoms with van der Waals surface area (Å²) in [6.07, 6.45) is 0. The fourth-order valence-corrected chi connectivity index (χ4v) is 4.20. The van der Waals surface area contributed by atoms with Gasteiger partial charge in [0.1, 0.15) is 0 Å². The minimum absolute atomic E-state index is 0.0743. The third kappa shape index (κ3) is 4.50. The average molecular weight is 490 g/mol. The predicted molar refractivity (Wildman–Crippen MR) is 119 cm³/mol. The van der Waals surface area contributed by atoms with Gasteiger partial charge in [-0.2, -0.15) is 0 Å². The van der Waals surface area contributed by atoms with Crippen LogP contribution >= 0.6 is 27.5 Å². The van der Waals surface area contributed by atoms with Crippen molar-refractivity contribution in [1.82, 2.24) is 9.97 Å². The van der Waals surface area contributed by atoms with Gasteiger partial charge >= 0.3 is 0 Å². The number of para-hydroxylation sites is 2. The lowest BCUT2D eigenvalue weighted by atomic mass is 10.3. The van der Waals surface area contributed by atoms with Crippen LogP contribution < -0.4 is 10.0 Å². The van der Waals surface area contributed by atoms with E-state index < -0.39 is 10.0 Å². The van der Waals surface area contributed by atoms with Gasteiger partial charge in [-0.1, -0.05) is 45.7 Å². The highest BCUT2D eigenvalue weighted by molar-refractivity contribution is 9.10. The zero-order valence-corrected chi connectivity index (χ0v) is 18.0. The highest BCUT2D eigenvalue weighted by Gasteiger charge is 2.19. The van der Waals surface area contributed by atoms with Crippen LogP contribution in [0.4, 0.5) is 17.3 Å². The SMILES string of the molecule is O=S(=O)(Nc1nc2ccccc2nc1Nc1cccc(Br)c1)c1ccc(Cl)cc1. The van der Waals surface area contributed by atoms with Gasteiger partial charge in [0.2, 0.25) is 0 Å². The lowest BCUT2D eigenvalue weighted by Gasteiger charge is -2.14. The second-order valence-corrected chi connectivity index (χ2v) is 9.14. The van der Waals surface area contributed by atoms with Gasteiger partial charge in [-0.05, 0) is 54.6 Å². The van der Waals surface area contributed by atoms with Gasteiger partial charge < -0.3 is 5.32 Å². The summed E-state index contributed by atoms with van der Waals surface area (Å²) < 4.78 is 29.1. The van der Waals surface area contributed by atoms with E-state index in [-0.39, 0.29) is 10.7 Å². The summed E-state index contributed by atoms with van der Waals surface area (Å²) in [6.45, 7) is 0. The van der Waals surface area contributed by atoms with Crippen molar-refractivity contribution in [3.05, 3.63) is 82.3 Å². The van der Waals surface area contributed by atoms with Crippen LogP contribution in [0.1, 0.15) is 0 Å². The molecule has 4 aromatic rings. The molecule has 3 aromatic carbocycles. The highest BCUT2D eigenvalue weighted by atomic mass is 79.9. The minimum atomic E-state index is -3.88. The first-order valence-corrected chi connectivity index (χ1v) is 11.1. The number of nitrogens with one attached hydrogen (secondary N) is 2. The molecule has 29 heavy (non-hydrogen) atoms. The molecule has 0 fully saturated rings. The Morgan fingerprint density at radius 1 is 0.828 bits per heavy atom. The molecule has 146 valence electrons. The van der Waals surface area contributed by atoms with Crippen LogP contribution in [0.3, 0.4) is 0 Å². The first-order valence-electron chi connectivity index (χ1n) is 8.48. The van der Waals surface area contributed by atoms with E-state index >= 15 is 0 Å². The molecule has 0 bridgehead atoms. The lowest BCUT2D eigenvalue weighted by Crippen LogP contribution is -2.16. The number of sulfonamides is 1. The molecule has 0 radical (unpaired) electrons. The van der Waals surface area contributed by atoms with Crippen molar-refractivity contribution < 1.29 is 8.42 Å². The Hall–Kier alpha value is -2.68. The second-order valence-electron chi connectivity index (χ2n) is 6.10. The number of aromatic nitrogens is 2. The molecule has 0 aliphatic rings. The third-order valence-corrected chi connectivity index (χ3v) is 6.11. The van der Waals surface area contributed by atoms with Gasteiger partial charge in [-0.15, -0.1) is 0 Å². The maximum absolute atomic E-state index is 12.9. The highest BCUT2D eigenvalue weighted by Crippen LogP contribution is 2.28. The molecular weight excluding hydrogens is 476 g/mol. The maximum Gasteiger partial charge on any atom is 0.263 e. The first-order chi connectivity index (χ1) is 13.9. The van der Waals surface area contributed by atoms with E-state index in [9.17, 15) is 8.42 Å². The van der Waals surface area contributed by atoms with E-state index in [1.807, 2.05) is 42.5 Å². The van der Waals surface area contributed by atoms with E-state index in [0.717, 1.165) is 10.2 Å². The van der Waals surface area contributed by atoms with Crippen molar-refractivity contribution in [2.45, 2.75) is 4.90 Å². The molecule has 0 saturated heterocycles. The van der Waals surface area contributed by atoms with Crippen LogP contribution in [0.15, 0.2) is 82.2 Å². The Bertz CT molecular complexity index is 1300. The van der Waals surface area contributed by atoms with Gasteiger partial charge in [0.15, 0.2) is 11.6 Å². The van der Waals surface area contributed by atoms with Crippen molar-refractivity contribution in [2.24, 2.45) is 0 Å². The first kappa shape index (κ1) is 19.6. The Morgan fingerprint density at radius 2 is 1.48 bits per heavy atom. The summed E-state index contributed by atoms with van der Waals surface area (Å²) in [5.74, 6) is 0.387. The van der Waals surface area contributed by atoms with Gasteiger partial charge in [0, 0.05) is 15.2 Å². The summed E-state index contributed by atoms with van der Waals surface area (Å²) in [6, 6.07) is 20.6. The van der Waals surface area contributed by atoms with E-state index in [1.54, 1.807) is 6.07 Å². The fraction of sp³-hybridized carbons (Fsp3) is 0. The molecule has 4 rings (SSSR count). The number of anilines is 3. The number of rotatable bonds is 5. The van der Waals surface area contributed by atoms with Crippen molar-refractivity contribution in [1.29, 1.82) is 0 Å². The quantitative estimate of drug-likeness (QED) is 0.382. The number of hydrogen-bond donors (Lipinski definition) is 2. The molecule has 9 heteroatoms. The Morgan fingerprint density at radius 3 is 2.14 bits per heavy atom. The predicted octanol–water partition coefficient (Wildman–Crippen LogP) is 5.59. The van der Waals surface area contributed by atoms with E-state index in [4.69, 9.17) is 11.6 Å². The second kappa shape index (κ2) is 7.98. The van der Waals surface area contributed by atoms with Gasteiger partial charge in [0.25, 0.3) is 10.0 Å². The van der Waals surface area contributed by atoms with Gasteiger partial charge in [0.05, 0.1) is 15.9 Å². The van der Waals surface area contributed by atoms with Crippen LogP contribution in [0.25, 0.3) is 11.0 Å². The molecule has 1 aromatic heterocycles. The van der Waals surface area contributed by atoms with Crippen molar-refractivity contribution in [3.63, 3.8) is 0 Å². The van der Waals surface area contributed by atoms with Crippen molar-refractivity contribution >= 4 is 65.9 Å². The number of hydrogen-bond acceptors (Lipinski definition) is 5. The number of nitrogens with zero attached hydrogens (tertiary/aromatic N) is 2. The van der Waals surface area contributed by atoms with Gasteiger partial charge in [-0.3, -0.25) is 4.72 Å². The average Bonchev–Trinajstić information content (AvgIpc) is 2.68. The molecule has 6 nitrogen and oxygen atoms in total. The van der Waals surface area contributed by atoms with Crippen molar-refractivity contribution in [2.75, 3.05) is 10.0 Å². The van der Waals surface area contributed by atoms with Crippen LogP contribution in [0.2, 0.25) is 5.02 Å². The molecule has 0 atom stereocenters. The van der Waals surface area contributed by atoms with Crippen LogP contribution in [-0.2, 0) is 10.0 Å². The lowest BCUT2D eigenvalue weighted by molar-refractivity contribution is 0.601. The molecule has 2 N–H and O–H groups in total. The standard InChI is InChI=1S/C20H14BrClN4O2S/c21-13-4-3-5-15(12-13)23-19-20(25-18-7-2-1-6-17(18)24-19)26-29(27,28)16-10-8-14(22)9-11-16/h1-12H,(H,23,24)(H,25,26). The van der Waals surface area contributed by atoms with Gasteiger partial charge in [-0.25, -0.2) is 18.4 Å². The topological polar surface area (TPSA) is 84.0 Å². The van der Waals surface area contributed by atoms with E-state index in [1.165, 1.54) is 24.3 Å². The molecule has 0 unspecified atom stereocenters. The summed E-state index contributed by atoms with van der Waals surface area (Å²) in [4.78, 5) is 9.10. The fourth-order valence-electron chi connectivity index (χ4n) is 2.66. The van der Waals surface area contributed by atoms with Crippen molar-refractivity contribution in [3.8, 4) is 0 Å². The summed E-state index contributed by atoms with van der Waals surface area (Å²) in [5.41, 5.74) is 1.94. The molecule has 1 heterocycles. The normalized spacial score (nSPS) is 11.4. The number of halogens is 2. The zero-order chi connectivity index (χ0) is 20.4. The minimum Gasteiger partial charge on any atom is -0.337 e. The van der Waals surface area contributed by atoms with Crippen LogP contribution in [0.5, 0.6) is 0 Å².